The highest BCUT2D eigenvalue weighted by molar-refractivity contribution is 5.42. The fourth-order valence-corrected chi connectivity index (χ4v) is 3.15. The van der Waals surface area contributed by atoms with Gasteiger partial charge in [-0.25, -0.2) is 0 Å². The molecule has 0 radical (unpaired) electrons. The Morgan fingerprint density at radius 2 is 2.22 bits per heavy atom. The quantitative estimate of drug-likeness (QED) is 0.799. The van der Waals surface area contributed by atoms with Crippen molar-refractivity contribution in [3.63, 3.8) is 0 Å². The molecule has 1 fully saturated rings. The summed E-state index contributed by atoms with van der Waals surface area (Å²) in [6.07, 6.45) is 3.11. The lowest BCUT2D eigenvalue weighted by Crippen LogP contribution is -2.37. The molecular weight excluding hydrogens is 224 g/mol. The number of rotatable bonds is 2. The molecular formula is C15H18N2O. The predicted octanol–water partition coefficient (Wildman–Crippen LogP) is 2.53. The summed E-state index contributed by atoms with van der Waals surface area (Å²) in [5.74, 6) is 0.891. The Hall–Kier alpha value is -1.53. The highest BCUT2D eigenvalue weighted by Gasteiger charge is 2.53. The van der Waals surface area contributed by atoms with Crippen LogP contribution in [0.2, 0.25) is 0 Å². The first-order chi connectivity index (χ1) is 8.70. The van der Waals surface area contributed by atoms with Crippen molar-refractivity contribution in [2.24, 2.45) is 5.41 Å². The molecule has 1 heterocycles. The maximum absolute atomic E-state index is 9.47. The van der Waals surface area contributed by atoms with Crippen LogP contribution >= 0.6 is 0 Å². The minimum atomic E-state index is -0.156. The molecule has 94 valence electrons. The predicted molar refractivity (Wildman–Crippen MR) is 69.3 cm³/mol. The second kappa shape index (κ2) is 4.00. The number of nitrogens with zero attached hydrogens (tertiary/aromatic N) is 2. The number of fused-ring (bicyclic) bond motifs is 1. The van der Waals surface area contributed by atoms with Gasteiger partial charge in [-0.2, -0.15) is 5.26 Å². The van der Waals surface area contributed by atoms with Crippen molar-refractivity contribution in [3.05, 3.63) is 29.3 Å². The highest BCUT2D eigenvalue weighted by Crippen LogP contribution is 2.58. The van der Waals surface area contributed by atoms with Crippen LogP contribution in [0.25, 0.3) is 0 Å². The van der Waals surface area contributed by atoms with E-state index in [4.69, 9.17) is 4.74 Å². The van der Waals surface area contributed by atoms with Crippen molar-refractivity contribution >= 4 is 0 Å². The first-order valence-corrected chi connectivity index (χ1v) is 6.48. The molecule has 1 unspecified atom stereocenters. The first kappa shape index (κ1) is 11.6. The fraction of sp³-hybridized carbons (Fsp3) is 0.533. The number of methoxy groups -OCH3 is 1. The molecule has 3 rings (SSSR count). The molecule has 3 nitrogen and oxygen atoms in total. The van der Waals surface area contributed by atoms with Gasteiger partial charge in [-0.3, -0.25) is 4.90 Å². The number of hydrogen-bond acceptors (Lipinski definition) is 3. The Balaban J connectivity index is 2.08. The Bertz CT molecular complexity index is 514. The molecule has 0 N–H and O–H groups in total. The Kier molecular flexibility index (Phi) is 2.57. The molecule has 18 heavy (non-hydrogen) atoms. The van der Waals surface area contributed by atoms with Crippen LogP contribution in [-0.4, -0.2) is 25.6 Å². The van der Waals surface area contributed by atoms with Gasteiger partial charge < -0.3 is 4.74 Å². The van der Waals surface area contributed by atoms with E-state index in [-0.39, 0.29) is 11.5 Å². The summed E-state index contributed by atoms with van der Waals surface area (Å²) in [6, 6.07) is 9.08. The minimum Gasteiger partial charge on any atom is -0.497 e. The van der Waals surface area contributed by atoms with Crippen LogP contribution in [0.15, 0.2) is 18.2 Å². The van der Waals surface area contributed by atoms with Gasteiger partial charge in [0.25, 0.3) is 0 Å². The maximum atomic E-state index is 9.47. The zero-order valence-corrected chi connectivity index (χ0v) is 10.9. The van der Waals surface area contributed by atoms with E-state index in [0.717, 1.165) is 31.6 Å². The average molecular weight is 242 g/mol. The molecule has 1 aliphatic carbocycles. The van der Waals surface area contributed by atoms with Crippen molar-refractivity contribution in [2.45, 2.75) is 25.3 Å². The molecule has 2 aliphatic rings. The highest BCUT2D eigenvalue weighted by atomic mass is 16.5. The molecule has 3 heteroatoms. The second-order valence-corrected chi connectivity index (χ2v) is 5.47. The summed E-state index contributed by atoms with van der Waals surface area (Å²) in [5.41, 5.74) is 2.51. The third kappa shape index (κ3) is 1.60. The van der Waals surface area contributed by atoms with E-state index in [1.807, 2.05) is 6.07 Å². The summed E-state index contributed by atoms with van der Waals surface area (Å²) in [7, 11) is 3.82. The average Bonchev–Trinajstić information content (AvgIpc) is 3.18. The maximum Gasteiger partial charge on any atom is 0.119 e. The number of nitriles is 1. The molecule has 1 saturated carbocycles. The van der Waals surface area contributed by atoms with Gasteiger partial charge in [-0.1, -0.05) is 6.07 Å². The van der Waals surface area contributed by atoms with Crippen LogP contribution in [0.3, 0.4) is 0 Å². The fourth-order valence-electron chi connectivity index (χ4n) is 3.15. The number of likely N-dealkylation sites (N-methyl/N-ethyl adjacent to an activating group) is 1. The summed E-state index contributed by atoms with van der Waals surface area (Å²) in [6.45, 7) is 1.04. The summed E-state index contributed by atoms with van der Waals surface area (Å²) >= 11 is 0. The van der Waals surface area contributed by atoms with E-state index in [9.17, 15) is 5.26 Å². The van der Waals surface area contributed by atoms with Crippen LogP contribution < -0.4 is 4.74 Å². The van der Waals surface area contributed by atoms with Gasteiger partial charge in [0, 0.05) is 6.54 Å². The molecule has 0 aromatic heterocycles. The Labute approximate surface area is 108 Å². The van der Waals surface area contributed by atoms with Crippen LogP contribution in [0, 0.1) is 16.7 Å². The SMILES string of the molecule is COc1ccc2c(c1)C(C1(C#N)CC1)N(C)CC2. The van der Waals surface area contributed by atoms with Crippen molar-refractivity contribution in [2.75, 3.05) is 20.7 Å². The van der Waals surface area contributed by atoms with Crippen molar-refractivity contribution < 1.29 is 4.74 Å². The zero-order chi connectivity index (χ0) is 12.8. The molecule has 0 spiro atoms. The van der Waals surface area contributed by atoms with Crippen molar-refractivity contribution in [3.8, 4) is 11.8 Å². The minimum absolute atomic E-state index is 0.156. The van der Waals surface area contributed by atoms with E-state index >= 15 is 0 Å². The van der Waals surface area contributed by atoms with Crippen LogP contribution in [-0.2, 0) is 6.42 Å². The monoisotopic (exact) mass is 242 g/mol. The summed E-state index contributed by atoms with van der Waals surface area (Å²) < 4.78 is 5.33. The van der Waals surface area contributed by atoms with E-state index in [2.05, 4.69) is 30.1 Å². The molecule has 0 bridgehead atoms. The third-order valence-corrected chi connectivity index (χ3v) is 4.36. The number of hydrogen-bond donors (Lipinski definition) is 0. The van der Waals surface area contributed by atoms with Crippen molar-refractivity contribution in [1.29, 1.82) is 5.26 Å². The van der Waals surface area contributed by atoms with Gasteiger partial charge in [0.2, 0.25) is 0 Å². The lowest BCUT2D eigenvalue weighted by Gasteiger charge is -2.37. The smallest absolute Gasteiger partial charge is 0.119 e. The van der Waals surface area contributed by atoms with E-state index < -0.39 is 0 Å². The molecule has 1 aromatic carbocycles. The van der Waals surface area contributed by atoms with Crippen molar-refractivity contribution in [1.82, 2.24) is 4.90 Å². The van der Waals surface area contributed by atoms with Crippen LogP contribution in [0.1, 0.15) is 30.0 Å². The van der Waals surface area contributed by atoms with Crippen LogP contribution in [0.5, 0.6) is 5.75 Å². The summed E-state index contributed by atoms with van der Waals surface area (Å²) in [4.78, 5) is 2.33. The van der Waals surface area contributed by atoms with Crippen LogP contribution in [0.4, 0.5) is 0 Å². The van der Waals surface area contributed by atoms with E-state index in [1.54, 1.807) is 7.11 Å². The number of benzene rings is 1. The van der Waals surface area contributed by atoms with E-state index in [0.29, 0.717) is 0 Å². The molecule has 1 aliphatic heterocycles. The standard InChI is InChI=1S/C15H18N2O/c1-17-8-5-11-3-4-12(18-2)9-13(11)14(17)15(10-16)6-7-15/h3-4,9,14H,5-8H2,1-2H3. The third-order valence-electron chi connectivity index (χ3n) is 4.36. The number of ether oxygens (including phenoxy) is 1. The van der Waals surface area contributed by atoms with E-state index in [1.165, 1.54) is 11.1 Å². The summed E-state index contributed by atoms with van der Waals surface area (Å²) in [5, 5.41) is 9.47. The Morgan fingerprint density at radius 1 is 1.44 bits per heavy atom. The first-order valence-electron chi connectivity index (χ1n) is 6.48. The lowest BCUT2D eigenvalue weighted by molar-refractivity contribution is 0.178. The van der Waals surface area contributed by atoms with Gasteiger partial charge in [0.15, 0.2) is 0 Å². The van der Waals surface area contributed by atoms with Gasteiger partial charge >= 0.3 is 0 Å². The zero-order valence-electron chi connectivity index (χ0n) is 10.9. The normalized spacial score (nSPS) is 25.1. The Morgan fingerprint density at radius 3 is 2.83 bits per heavy atom. The van der Waals surface area contributed by atoms with Gasteiger partial charge in [0.05, 0.1) is 24.6 Å². The second-order valence-electron chi connectivity index (χ2n) is 5.47. The largest absolute Gasteiger partial charge is 0.497 e. The lowest BCUT2D eigenvalue weighted by atomic mass is 9.83. The molecule has 1 aromatic rings. The molecule has 0 amide bonds. The van der Waals surface area contributed by atoms with Gasteiger partial charge in [-0.15, -0.1) is 0 Å². The molecule has 0 saturated heterocycles. The molecule has 1 atom stereocenters. The van der Waals surface area contributed by atoms with Gasteiger partial charge in [0.1, 0.15) is 5.75 Å². The van der Waals surface area contributed by atoms with Gasteiger partial charge in [-0.05, 0) is 49.6 Å². The topological polar surface area (TPSA) is 36.3 Å².